The highest BCUT2D eigenvalue weighted by atomic mass is 32.2. The van der Waals surface area contributed by atoms with Crippen molar-refractivity contribution in [2.75, 3.05) is 10.7 Å². The van der Waals surface area contributed by atoms with Crippen LogP contribution in [0.5, 0.6) is 0 Å². The summed E-state index contributed by atoms with van der Waals surface area (Å²) in [4.78, 5) is 29.4. The summed E-state index contributed by atoms with van der Waals surface area (Å²) < 4.78 is 0.741. The number of thioether (sulfide) groups is 1. The molecule has 1 aromatic heterocycles. The number of rotatable bonds is 12. The zero-order valence-electron chi connectivity index (χ0n) is 17.8. The molecule has 0 unspecified atom stereocenters. The minimum Gasteiger partial charge on any atom is -0.476 e. The van der Waals surface area contributed by atoms with E-state index >= 15 is 0 Å². The van der Waals surface area contributed by atoms with E-state index in [4.69, 9.17) is 5.11 Å². The molecular weight excluding hydrogens is 432 g/mol. The predicted molar refractivity (Wildman–Crippen MR) is 125 cm³/mol. The molecule has 3 rings (SSSR count). The fraction of sp³-hybridized carbons (Fsp3) is 0.522. The predicted octanol–water partition coefficient (Wildman–Crippen LogP) is 5.52. The van der Waals surface area contributed by atoms with Gasteiger partial charge in [0.15, 0.2) is 10.0 Å². The number of carbonyl (C=O) groups is 2. The van der Waals surface area contributed by atoms with Crippen LogP contribution < -0.4 is 4.90 Å². The number of aromatic carboxylic acids is 1. The van der Waals surface area contributed by atoms with Gasteiger partial charge in [0, 0.05) is 29.3 Å². The summed E-state index contributed by atoms with van der Waals surface area (Å²) in [5.74, 6) is -0.106. The van der Waals surface area contributed by atoms with Gasteiger partial charge in [-0.05, 0) is 37.0 Å². The molecule has 1 aromatic carbocycles. The van der Waals surface area contributed by atoms with Crippen LogP contribution in [0.4, 0.5) is 5.69 Å². The minimum absolute atomic E-state index is 0.0813. The number of thiazole rings is 1. The number of unbranched alkanes of at least 4 members (excludes halogenated alkanes) is 3. The Kier molecular flexibility index (Phi) is 8.92. The van der Waals surface area contributed by atoms with Gasteiger partial charge in [0.05, 0.1) is 6.10 Å². The van der Waals surface area contributed by atoms with Crippen molar-refractivity contribution in [1.29, 1.82) is 0 Å². The first-order chi connectivity index (χ1) is 15.0. The van der Waals surface area contributed by atoms with Crippen molar-refractivity contribution in [2.24, 2.45) is 0 Å². The Morgan fingerprint density at radius 2 is 2.06 bits per heavy atom. The first-order valence-electron chi connectivity index (χ1n) is 10.9. The molecule has 0 saturated carbocycles. The number of aliphatic hydroxyl groups excluding tert-OH is 1. The molecule has 6 nitrogen and oxygen atoms in total. The van der Waals surface area contributed by atoms with Crippen LogP contribution in [-0.2, 0) is 4.79 Å². The zero-order chi connectivity index (χ0) is 22.2. The third kappa shape index (κ3) is 6.54. The van der Waals surface area contributed by atoms with Gasteiger partial charge in [-0.15, -0.1) is 11.3 Å². The SMILES string of the molecule is CCCCCC[C@H](O)c1ccc(N2C(=O)CC[C@@H]2CCSc2nc(C(=O)O)cs2)cc1. The molecule has 8 heteroatoms. The van der Waals surface area contributed by atoms with Gasteiger partial charge in [-0.1, -0.05) is 56.5 Å². The maximum atomic E-state index is 12.5. The van der Waals surface area contributed by atoms with Gasteiger partial charge < -0.3 is 15.1 Å². The molecule has 2 N–H and O–H groups in total. The third-order valence-corrected chi connectivity index (χ3v) is 7.65. The molecule has 0 radical (unpaired) electrons. The molecule has 168 valence electrons. The summed E-state index contributed by atoms with van der Waals surface area (Å²) in [6, 6.07) is 7.87. The molecule has 0 bridgehead atoms. The number of benzene rings is 1. The van der Waals surface area contributed by atoms with Crippen LogP contribution in [0.2, 0.25) is 0 Å². The fourth-order valence-corrected chi connectivity index (χ4v) is 5.77. The first-order valence-corrected chi connectivity index (χ1v) is 12.8. The van der Waals surface area contributed by atoms with Gasteiger partial charge in [-0.25, -0.2) is 9.78 Å². The lowest BCUT2D eigenvalue weighted by Crippen LogP contribution is -2.33. The minimum atomic E-state index is -1.01. The molecular formula is C23H30N2O4S2. The number of hydrogen-bond donors (Lipinski definition) is 2. The lowest BCUT2D eigenvalue weighted by Gasteiger charge is -2.25. The Hall–Kier alpha value is -1.90. The molecule has 1 saturated heterocycles. The van der Waals surface area contributed by atoms with E-state index in [0.717, 1.165) is 53.4 Å². The summed E-state index contributed by atoms with van der Waals surface area (Å²) in [6.45, 7) is 2.18. The van der Waals surface area contributed by atoms with E-state index in [9.17, 15) is 14.7 Å². The molecule has 1 aliphatic heterocycles. The van der Waals surface area contributed by atoms with Crippen LogP contribution in [0, 0.1) is 0 Å². The summed E-state index contributed by atoms with van der Waals surface area (Å²) in [5, 5.41) is 20.9. The zero-order valence-corrected chi connectivity index (χ0v) is 19.5. The van der Waals surface area contributed by atoms with Crippen molar-refractivity contribution < 1.29 is 19.8 Å². The van der Waals surface area contributed by atoms with E-state index in [-0.39, 0.29) is 17.6 Å². The molecule has 0 spiro atoms. The van der Waals surface area contributed by atoms with Crippen molar-refractivity contribution in [1.82, 2.24) is 4.98 Å². The largest absolute Gasteiger partial charge is 0.476 e. The van der Waals surface area contributed by atoms with Gasteiger partial charge in [0.1, 0.15) is 0 Å². The Morgan fingerprint density at radius 1 is 1.29 bits per heavy atom. The summed E-state index contributed by atoms with van der Waals surface area (Å²) in [5.41, 5.74) is 1.86. The van der Waals surface area contributed by atoms with E-state index in [2.05, 4.69) is 11.9 Å². The van der Waals surface area contributed by atoms with E-state index in [1.165, 1.54) is 35.9 Å². The number of aromatic nitrogens is 1. The molecule has 2 atom stereocenters. The number of aliphatic hydroxyl groups is 1. The van der Waals surface area contributed by atoms with Crippen LogP contribution in [0.25, 0.3) is 0 Å². The summed E-state index contributed by atoms with van der Waals surface area (Å²) in [6.07, 6.45) is 7.04. The highest BCUT2D eigenvalue weighted by molar-refractivity contribution is 8.01. The second kappa shape index (κ2) is 11.6. The quantitative estimate of drug-likeness (QED) is 0.319. The molecule has 0 aliphatic carbocycles. The normalized spacial score (nSPS) is 17.3. The molecule has 2 heterocycles. The van der Waals surface area contributed by atoms with Crippen LogP contribution in [0.1, 0.15) is 80.4 Å². The molecule has 1 fully saturated rings. The molecule has 31 heavy (non-hydrogen) atoms. The van der Waals surface area contributed by atoms with Crippen molar-refractivity contribution in [3.63, 3.8) is 0 Å². The number of carboxylic acid groups (broad SMARTS) is 1. The maximum Gasteiger partial charge on any atom is 0.355 e. The van der Waals surface area contributed by atoms with Gasteiger partial charge in [0.25, 0.3) is 0 Å². The summed E-state index contributed by atoms with van der Waals surface area (Å²) in [7, 11) is 0. The van der Waals surface area contributed by atoms with Crippen LogP contribution in [0.3, 0.4) is 0 Å². The molecule has 1 amide bonds. The van der Waals surface area contributed by atoms with E-state index in [0.29, 0.717) is 6.42 Å². The Morgan fingerprint density at radius 3 is 2.74 bits per heavy atom. The Labute approximate surface area is 191 Å². The number of nitrogens with zero attached hydrogens (tertiary/aromatic N) is 2. The van der Waals surface area contributed by atoms with Crippen molar-refractivity contribution in [3.8, 4) is 0 Å². The highest BCUT2D eigenvalue weighted by Gasteiger charge is 2.31. The van der Waals surface area contributed by atoms with Gasteiger partial charge in [0.2, 0.25) is 5.91 Å². The second-order valence-electron chi connectivity index (χ2n) is 7.85. The van der Waals surface area contributed by atoms with Gasteiger partial charge in [-0.3, -0.25) is 4.79 Å². The topological polar surface area (TPSA) is 90.7 Å². The number of anilines is 1. The van der Waals surface area contributed by atoms with Gasteiger partial charge in [-0.2, -0.15) is 0 Å². The fourth-order valence-electron chi connectivity index (χ4n) is 3.86. The van der Waals surface area contributed by atoms with Crippen LogP contribution in [-0.4, -0.2) is 38.9 Å². The number of hydrogen-bond acceptors (Lipinski definition) is 6. The Bertz CT molecular complexity index is 869. The summed E-state index contributed by atoms with van der Waals surface area (Å²) >= 11 is 2.87. The lowest BCUT2D eigenvalue weighted by molar-refractivity contribution is -0.117. The van der Waals surface area contributed by atoms with Crippen LogP contribution >= 0.6 is 23.1 Å². The Balaban J connectivity index is 1.54. The number of carboxylic acids is 1. The van der Waals surface area contributed by atoms with Crippen molar-refractivity contribution in [3.05, 3.63) is 40.9 Å². The second-order valence-corrected chi connectivity index (χ2v) is 10.1. The number of amides is 1. The number of carbonyl (C=O) groups excluding carboxylic acids is 1. The maximum absolute atomic E-state index is 12.5. The smallest absolute Gasteiger partial charge is 0.355 e. The highest BCUT2D eigenvalue weighted by Crippen LogP contribution is 2.32. The molecule has 1 aliphatic rings. The van der Waals surface area contributed by atoms with Gasteiger partial charge >= 0.3 is 5.97 Å². The average Bonchev–Trinajstić information content (AvgIpc) is 3.38. The monoisotopic (exact) mass is 462 g/mol. The standard InChI is InChI=1S/C23H30N2O4S2/c1-2-3-4-5-6-20(26)16-7-9-17(10-8-16)25-18(11-12-21(25)27)13-14-30-23-24-19(15-31-23)22(28)29/h7-10,15,18,20,26H,2-6,11-14H2,1H3,(H,28,29)/t18-,20+/m1/s1. The van der Waals surface area contributed by atoms with Crippen molar-refractivity contribution >= 4 is 40.7 Å². The molecule has 2 aromatic rings. The third-order valence-electron chi connectivity index (χ3n) is 5.59. The van der Waals surface area contributed by atoms with Crippen LogP contribution in [0.15, 0.2) is 34.0 Å². The van der Waals surface area contributed by atoms with Crippen molar-refractivity contribution in [2.45, 2.75) is 74.8 Å². The van der Waals surface area contributed by atoms with E-state index in [1.807, 2.05) is 29.2 Å². The van der Waals surface area contributed by atoms with E-state index in [1.54, 1.807) is 5.38 Å². The lowest BCUT2D eigenvalue weighted by atomic mass is 10.0. The average molecular weight is 463 g/mol. The van der Waals surface area contributed by atoms with E-state index < -0.39 is 12.1 Å². The first kappa shape index (κ1) is 23.8.